The lowest BCUT2D eigenvalue weighted by atomic mass is 10.1. The number of hydrogen-bond donors (Lipinski definition) is 0. The molecule has 124 valence electrons. The fourth-order valence-electron chi connectivity index (χ4n) is 2.76. The van der Waals surface area contributed by atoms with Crippen LogP contribution in [0.1, 0.15) is 33.3 Å². The molecule has 0 saturated carbocycles. The maximum absolute atomic E-state index is 12.8. The van der Waals surface area contributed by atoms with E-state index >= 15 is 0 Å². The van der Waals surface area contributed by atoms with Crippen molar-refractivity contribution in [1.29, 1.82) is 0 Å². The predicted octanol–water partition coefficient (Wildman–Crippen LogP) is 2.45. The molecule has 0 aliphatic carbocycles. The molecule has 1 aromatic carbocycles. The molecule has 1 fully saturated rings. The van der Waals surface area contributed by atoms with Gasteiger partial charge < -0.3 is 9.47 Å². The van der Waals surface area contributed by atoms with Gasteiger partial charge in [-0.25, -0.2) is 8.42 Å². The van der Waals surface area contributed by atoms with Crippen molar-refractivity contribution in [3.63, 3.8) is 0 Å². The topological polar surface area (TPSA) is 55.8 Å². The summed E-state index contributed by atoms with van der Waals surface area (Å²) in [5.41, 5.74) is 0.914. The summed E-state index contributed by atoms with van der Waals surface area (Å²) in [4.78, 5) is 0.328. The third-order valence-electron chi connectivity index (χ3n) is 3.74. The van der Waals surface area contributed by atoms with Crippen LogP contribution in [-0.2, 0) is 21.2 Å². The Morgan fingerprint density at radius 1 is 1.23 bits per heavy atom. The van der Waals surface area contributed by atoms with E-state index in [4.69, 9.17) is 9.47 Å². The van der Waals surface area contributed by atoms with Crippen molar-refractivity contribution >= 4 is 10.0 Å². The maximum Gasteiger partial charge on any atom is 0.243 e. The normalized spacial score (nSPS) is 23.5. The van der Waals surface area contributed by atoms with E-state index in [-0.39, 0.29) is 12.2 Å². The zero-order valence-electron chi connectivity index (χ0n) is 13.7. The Balaban J connectivity index is 2.33. The Hall–Kier alpha value is -1.11. The van der Waals surface area contributed by atoms with Crippen molar-refractivity contribution in [1.82, 2.24) is 4.31 Å². The molecule has 2 atom stereocenters. The summed E-state index contributed by atoms with van der Waals surface area (Å²) in [6.45, 7) is 9.05. The van der Waals surface area contributed by atoms with E-state index in [0.29, 0.717) is 24.6 Å². The minimum absolute atomic E-state index is 0.0909. The Morgan fingerprint density at radius 2 is 1.86 bits per heavy atom. The van der Waals surface area contributed by atoms with Gasteiger partial charge in [0.1, 0.15) is 5.75 Å². The third kappa shape index (κ3) is 3.62. The van der Waals surface area contributed by atoms with Gasteiger partial charge in [-0.2, -0.15) is 4.31 Å². The quantitative estimate of drug-likeness (QED) is 0.833. The first-order valence-electron chi connectivity index (χ1n) is 7.79. The van der Waals surface area contributed by atoms with Crippen LogP contribution in [-0.4, -0.2) is 44.6 Å². The van der Waals surface area contributed by atoms with Crippen molar-refractivity contribution < 1.29 is 17.9 Å². The molecule has 2 rings (SSSR count). The number of rotatable bonds is 5. The fraction of sp³-hybridized carbons (Fsp3) is 0.625. The standard InChI is InChI=1S/C16H25NO4S/c1-5-14-9-15(7-8-16(14)20-6-2)22(18,19)17-10-12(3)21-13(4)11-17/h7-9,12-13H,5-6,10-11H2,1-4H3. The Kier molecular flexibility index (Phi) is 5.47. The second-order valence-corrected chi connectivity index (χ2v) is 7.57. The highest BCUT2D eigenvalue weighted by Gasteiger charge is 2.32. The van der Waals surface area contributed by atoms with Crippen LogP contribution in [0, 0.1) is 0 Å². The number of hydrogen-bond acceptors (Lipinski definition) is 4. The lowest BCUT2D eigenvalue weighted by molar-refractivity contribution is -0.0440. The van der Waals surface area contributed by atoms with Crippen molar-refractivity contribution in [3.05, 3.63) is 23.8 Å². The van der Waals surface area contributed by atoms with Gasteiger partial charge in [0.25, 0.3) is 0 Å². The van der Waals surface area contributed by atoms with Gasteiger partial charge >= 0.3 is 0 Å². The fourth-order valence-corrected chi connectivity index (χ4v) is 4.41. The average Bonchev–Trinajstić information content (AvgIpc) is 2.46. The Morgan fingerprint density at radius 3 is 2.41 bits per heavy atom. The van der Waals surface area contributed by atoms with E-state index in [0.717, 1.165) is 17.7 Å². The molecule has 0 N–H and O–H groups in total. The summed E-state index contributed by atoms with van der Waals surface area (Å²) in [6.07, 6.45) is 0.549. The van der Waals surface area contributed by atoms with E-state index in [9.17, 15) is 8.42 Å². The van der Waals surface area contributed by atoms with Crippen LogP contribution >= 0.6 is 0 Å². The van der Waals surface area contributed by atoms with Crippen LogP contribution < -0.4 is 4.74 Å². The number of nitrogens with zero attached hydrogens (tertiary/aromatic N) is 1. The monoisotopic (exact) mass is 327 g/mol. The van der Waals surface area contributed by atoms with Gasteiger partial charge in [0.15, 0.2) is 0 Å². The van der Waals surface area contributed by atoms with Gasteiger partial charge in [0.2, 0.25) is 10.0 Å². The summed E-state index contributed by atoms with van der Waals surface area (Å²) in [5, 5.41) is 0. The second kappa shape index (κ2) is 6.98. The maximum atomic E-state index is 12.8. The predicted molar refractivity (Wildman–Crippen MR) is 85.8 cm³/mol. The van der Waals surface area contributed by atoms with Crippen LogP contribution in [0.5, 0.6) is 5.75 Å². The molecule has 0 bridgehead atoms. The highest BCUT2D eigenvalue weighted by molar-refractivity contribution is 7.89. The molecule has 1 heterocycles. The number of benzene rings is 1. The molecule has 2 unspecified atom stereocenters. The van der Waals surface area contributed by atoms with Crippen LogP contribution in [0.4, 0.5) is 0 Å². The molecule has 1 aromatic rings. The molecule has 5 nitrogen and oxygen atoms in total. The zero-order chi connectivity index (χ0) is 16.3. The minimum Gasteiger partial charge on any atom is -0.494 e. The summed E-state index contributed by atoms with van der Waals surface area (Å²) in [6, 6.07) is 5.11. The van der Waals surface area contributed by atoms with Crippen LogP contribution in [0.15, 0.2) is 23.1 Å². The molecule has 0 radical (unpaired) electrons. The van der Waals surface area contributed by atoms with Gasteiger partial charge in [-0.15, -0.1) is 0 Å². The Bertz CT molecular complexity index is 605. The molecule has 6 heteroatoms. The van der Waals surface area contributed by atoms with E-state index in [1.807, 2.05) is 27.7 Å². The summed E-state index contributed by atoms with van der Waals surface area (Å²) in [7, 11) is -3.49. The van der Waals surface area contributed by atoms with Crippen LogP contribution in [0.25, 0.3) is 0 Å². The summed E-state index contributed by atoms with van der Waals surface area (Å²) in [5.74, 6) is 0.757. The second-order valence-electron chi connectivity index (χ2n) is 5.64. The van der Waals surface area contributed by atoms with Crippen LogP contribution in [0.2, 0.25) is 0 Å². The minimum atomic E-state index is -3.49. The third-order valence-corrected chi connectivity index (χ3v) is 5.56. The molecule has 0 aromatic heterocycles. The van der Waals surface area contributed by atoms with Gasteiger partial charge in [-0.1, -0.05) is 6.92 Å². The first-order chi connectivity index (χ1) is 10.4. The van der Waals surface area contributed by atoms with Gasteiger partial charge in [-0.3, -0.25) is 0 Å². The van der Waals surface area contributed by atoms with Crippen molar-refractivity contribution in [2.45, 2.75) is 51.2 Å². The number of morpholine rings is 1. The molecular weight excluding hydrogens is 302 g/mol. The Labute approximate surface area is 133 Å². The number of ether oxygens (including phenoxy) is 2. The molecule has 0 spiro atoms. The smallest absolute Gasteiger partial charge is 0.243 e. The number of aryl methyl sites for hydroxylation is 1. The first-order valence-corrected chi connectivity index (χ1v) is 9.23. The van der Waals surface area contributed by atoms with E-state index in [1.165, 1.54) is 4.31 Å². The molecule has 22 heavy (non-hydrogen) atoms. The van der Waals surface area contributed by atoms with Crippen molar-refractivity contribution in [3.8, 4) is 5.75 Å². The first kappa shape index (κ1) is 17.2. The zero-order valence-corrected chi connectivity index (χ0v) is 14.5. The van der Waals surface area contributed by atoms with Crippen LogP contribution in [0.3, 0.4) is 0 Å². The molecule has 1 aliphatic heterocycles. The van der Waals surface area contributed by atoms with Gasteiger partial charge in [-0.05, 0) is 51.0 Å². The lowest BCUT2D eigenvalue weighted by Crippen LogP contribution is -2.48. The van der Waals surface area contributed by atoms with E-state index in [2.05, 4.69) is 0 Å². The highest BCUT2D eigenvalue weighted by Crippen LogP contribution is 2.27. The summed E-state index contributed by atoms with van der Waals surface area (Å²) >= 11 is 0. The average molecular weight is 327 g/mol. The molecule has 0 amide bonds. The highest BCUT2D eigenvalue weighted by atomic mass is 32.2. The SMILES string of the molecule is CCOc1ccc(S(=O)(=O)N2CC(C)OC(C)C2)cc1CC. The van der Waals surface area contributed by atoms with Crippen molar-refractivity contribution in [2.75, 3.05) is 19.7 Å². The van der Waals surface area contributed by atoms with E-state index in [1.54, 1.807) is 18.2 Å². The van der Waals surface area contributed by atoms with E-state index < -0.39 is 10.0 Å². The lowest BCUT2D eigenvalue weighted by Gasteiger charge is -2.34. The molecule has 1 saturated heterocycles. The largest absolute Gasteiger partial charge is 0.494 e. The number of sulfonamides is 1. The molecular formula is C16H25NO4S. The summed E-state index contributed by atoms with van der Waals surface area (Å²) < 4.78 is 38.4. The van der Waals surface area contributed by atoms with Gasteiger partial charge in [0.05, 0.1) is 23.7 Å². The van der Waals surface area contributed by atoms with Crippen molar-refractivity contribution in [2.24, 2.45) is 0 Å². The van der Waals surface area contributed by atoms with Gasteiger partial charge in [0, 0.05) is 13.1 Å². The molecule has 1 aliphatic rings.